The highest BCUT2D eigenvalue weighted by molar-refractivity contribution is 7.89. The molecule has 0 bridgehead atoms. The van der Waals surface area contributed by atoms with E-state index in [-0.39, 0.29) is 16.6 Å². The monoisotopic (exact) mass is 353 g/mol. The third-order valence-corrected chi connectivity index (χ3v) is 6.68. The molecule has 0 unspecified atom stereocenters. The number of likely N-dealkylation sites (tertiary alicyclic amines) is 1. The lowest BCUT2D eigenvalue weighted by molar-refractivity contribution is 0.0781. The highest BCUT2D eigenvalue weighted by Crippen LogP contribution is 2.30. The summed E-state index contributed by atoms with van der Waals surface area (Å²) < 4.78 is 31.2. The second-order valence-corrected chi connectivity index (χ2v) is 8.66. The fraction of sp³-hybridized carbons (Fsp3) is 0.562. The van der Waals surface area contributed by atoms with Crippen LogP contribution in [0.4, 0.5) is 0 Å². The summed E-state index contributed by atoms with van der Waals surface area (Å²) >= 11 is 0. The number of nitrogens with one attached hydrogen (secondary N) is 1. The Bertz CT molecular complexity index is 736. The fourth-order valence-electron chi connectivity index (χ4n) is 3.41. The van der Waals surface area contributed by atoms with E-state index >= 15 is 0 Å². The molecule has 2 aliphatic rings. The van der Waals surface area contributed by atoms with Crippen molar-refractivity contribution in [3.8, 4) is 5.75 Å². The number of sulfonamides is 1. The average molecular weight is 353 g/mol. The number of amides is 1. The van der Waals surface area contributed by atoms with E-state index in [1.54, 1.807) is 12.1 Å². The maximum Gasteiger partial charge on any atom is 0.253 e. The Morgan fingerprint density at radius 1 is 1.25 bits per heavy atom. The molecule has 0 saturated carbocycles. The van der Waals surface area contributed by atoms with Crippen LogP contribution in [0.15, 0.2) is 23.1 Å². The van der Waals surface area contributed by atoms with Crippen LogP contribution in [0.5, 0.6) is 5.75 Å². The van der Waals surface area contributed by atoms with Gasteiger partial charge < -0.3 is 15.0 Å². The lowest BCUT2D eigenvalue weighted by atomic mass is 10.0. The van der Waals surface area contributed by atoms with Gasteiger partial charge in [-0.2, -0.15) is 0 Å². The quantitative estimate of drug-likeness (QED) is 0.839. The second-order valence-electron chi connectivity index (χ2n) is 6.54. The van der Waals surface area contributed by atoms with Crippen LogP contribution in [0.3, 0.4) is 0 Å². The average Bonchev–Trinajstić information content (AvgIpc) is 3.15. The molecule has 2 saturated heterocycles. The van der Waals surface area contributed by atoms with E-state index in [4.69, 9.17) is 4.74 Å². The van der Waals surface area contributed by atoms with Crippen LogP contribution < -0.4 is 10.1 Å². The summed E-state index contributed by atoms with van der Waals surface area (Å²) in [5, 5.41) is 3.34. The van der Waals surface area contributed by atoms with Crippen molar-refractivity contribution in [1.82, 2.24) is 14.5 Å². The van der Waals surface area contributed by atoms with E-state index in [2.05, 4.69) is 5.32 Å². The van der Waals surface area contributed by atoms with E-state index in [9.17, 15) is 13.2 Å². The lowest BCUT2D eigenvalue weighted by Gasteiger charge is -2.19. The topological polar surface area (TPSA) is 79.0 Å². The van der Waals surface area contributed by atoms with Crippen molar-refractivity contribution >= 4 is 15.9 Å². The van der Waals surface area contributed by atoms with Gasteiger partial charge in [0.1, 0.15) is 10.6 Å². The van der Waals surface area contributed by atoms with Gasteiger partial charge in [0.2, 0.25) is 10.0 Å². The molecular weight excluding hydrogens is 330 g/mol. The predicted octanol–water partition coefficient (Wildman–Crippen LogP) is 0.237. The molecule has 2 fully saturated rings. The van der Waals surface area contributed by atoms with E-state index in [1.807, 2.05) is 4.90 Å². The van der Waals surface area contributed by atoms with E-state index in [0.29, 0.717) is 17.4 Å². The number of carbonyl (C=O) groups is 1. The first-order chi connectivity index (χ1) is 11.3. The molecule has 0 spiro atoms. The summed E-state index contributed by atoms with van der Waals surface area (Å²) in [5.41, 5.74) is 0.379. The minimum absolute atomic E-state index is 0.0157. The van der Waals surface area contributed by atoms with Gasteiger partial charge in [0.05, 0.1) is 7.11 Å². The molecule has 2 heterocycles. The highest BCUT2D eigenvalue weighted by Gasteiger charge is 2.38. The maximum absolute atomic E-state index is 12.8. The molecule has 24 heavy (non-hydrogen) atoms. The summed E-state index contributed by atoms with van der Waals surface area (Å²) in [6, 6.07) is 4.59. The van der Waals surface area contributed by atoms with Gasteiger partial charge >= 0.3 is 0 Å². The third-order valence-electron chi connectivity index (χ3n) is 4.85. The number of fused-ring (bicyclic) bond motifs is 1. The van der Waals surface area contributed by atoms with Crippen LogP contribution in [0.1, 0.15) is 10.4 Å². The van der Waals surface area contributed by atoms with Gasteiger partial charge in [-0.1, -0.05) is 0 Å². The predicted molar refractivity (Wildman–Crippen MR) is 89.6 cm³/mol. The molecule has 2 aliphatic heterocycles. The van der Waals surface area contributed by atoms with Gasteiger partial charge in [-0.15, -0.1) is 0 Å². The molecule has 1 aromatic rings. The smallest absolute Gasteiger partial charge is 0.253 e. The summed E-state index contributed by atoms with van der Waals surface area (Å²) in [4.78, 5) is 14.6. The molecule has 8 heteroatoms. The highest BCUT2D eigenvalue weighted by atomic mass is 32.2. The van der Waals surface area contributed by atoms with E-state index < -0.39 is 10.0 Å². The number of methoxy groups -OCH3 is 1. The van der Waals surface area contributed by atoms with Gasteiger partial charge in [0.25, 0.3) is 5.91 Å². The van der Waals surface area contributed by atoms with Gasteiger partial charge in [-0.05, 0) is 30.0 Å². The van der Waals surface area contributed by atoms with Crippen LogP contribution in [-0.4, -0.2) is 70.9 Å². The molecule has 0 aliphatic carbocycles. The Morgan fingerprint density at radius 2 is 1.88 bits per heavy atom. The minimum Gasteiger partial charge on any atom is -0.495 e. The van der Waals surface area contributed by atoms with Crippen LogP contribution in [0, 0.1) is 11.8 Å². The number of hydrogen-bond donors (Lipinski definition) is 1. The van der Waals surface area contributed by atoms with Crippen molar-refractivity contribution in [1.29, 1.82) is 0 Å². The van der Waals surface area contributed by atoms with Gasteiger partial charge in [-0.25, -0.2) is 12.7 Å². The van der Waals surface area contributed by atoms with Gasteiger partial charge in [-0.3, -0.25) is 4.79 Å². The molecule has 1 amide bonds. The maximum atomic E-state index is 12.8. The first-order valence-corrected chi connectivity index (χ1v) is 9.39. The second kappa shape index (κ2) is 6.34. The van der Waals surface area contributed by atoms with Crippen molar-refractivity contribution in [2.24, 2.45) is 11.8 Å². The van der Waals surface area contributed by atoms with Crippen molar-refractivity contribution in [2.45, 2.75) is 4.90 Å². The van der Waals surface area contributed by atoms with Crippen LogP contribution in [0.2, 0.25) is 0 Å². The number of ether oxygens (including phenoxy) is 1. The number of hydrogen-bond acceptors (Lipinski definition) is 5. The number of nitrogens with zero attached hydrogens (tertiary/aromatic N) is 2. The minimum atomic E-state index is -3.69. The number of carbonyl (C=O) groups excluding carboxylic acids is 1. The SMILES string of the molecule is COc1ccc(C(=O)N2C[C@H]3CNC[C@H]3C2)cc1S(=O)(=O)N(C)C. The first kappa shape index (κ1) is 17.2. The number of rotatable bonds is 4. The Morgan fingerprint density at radius 3 is 2.42 bits per heavy atom. The standard InChI is InChI=1S/C16H23N3O4S/c1-18(2)24(21,22)15-6-11(4-5-14(15)23-3)16(20)19-9-12-7-17-8-13(12)10-19/h4-6,12-13,17H,7-10H2,1-3H3/t12-,13+. The normalized spacial score (nSPS) is 23.6. The molecule has 132 valence electrons. The van der Waals surface area contributed by atoms with Crippen molar-refractivity contribution in [3.63, 3.8) is 0 Å². The molecule has 2 atom stereocenters. The summed E-state index contributed by atoms with van der Waals surface area (Å²) in [5.74, 6) is 1.11. The Balaban J connectivity index is 1.90. The Labute approximate surface area is 142 Å². The Kier molecular flexibility index (Phi) is 4.54. The summed E-state index contributed by atoms with van der Waals surface area (Å²) in [6.45, 7) is 3.32. The lowest BCUT2D eigenvalue weighted by Crippen LogP contribution is -2.32. The van der Waals surface area contributed by atoms with Crippen LogP contribution >= 0.6 is 0 Å². The zero-order valence-electron chi connectivity index (χ0n) is 14.2. The van der Waals surface area contributed by atoms with Crippen molar-refractivity contribution in [2.75, 3.05) is 47.4 Å². The van der Waals surface area contributed by atoms with Crippen molar-refractivity contribution in [3.05, 3.63) is 23.8 Å². The molecule has 0 aromatic heterocycles. The van der Waals surface area contributed by atoms with Gasteiger partial charge in [0.15, 0.2) is 0 Å². The molecule has 0 radical (unpaired) electrons. The Hall–Kier alpha value is -1.64. The van der Waals surface area contributed by atoms with Crippen LogP contribution in [-0.2, 0) is 10.0 Å². The van der Waals surface area contributed by atoms with Crippen LogP contribution in [0.25, 0.3) is 0 Å². The molecule has 7 nitrogen and oxygen atoms in total. The zero-order valence-corrected chi connectivity index (χ0v) is 15.0. The molecule has 3 rings (SSSR count). The third kappa shape index (κ3) is 2.89. The van der Waals surface area contributed by atoms with E-state index in [0.717, 1.165) is 30.5 Å². The van der Waals surface area contributed by atoms with Crippen molar-refractivity contribution < 1.29 is 17.9 Å². The largest absolute Gasteiger partial charge is 0.495 e. The summed E-state index contributed by atoms with van der Waals surface area (Å²) in [7, 11) is 0.643. The first-order valence-electron chi connectivity index (χ1n) is 7.95. The van der Waals surface area contributed by atoms with Gasteiger partial charge in [0, 0.05) is 45.8 Å². The molecule has 1 N–H and O–H groups in total. The van der Waals surface area contributed by atoms with E-state index in [1.165, 1.54) is 27.3 Å². The fourth-order valence-corrected chi connectivity index (χ4v) is 4.49. The molecular formula is C16H23N3O4S. The zero-order chi connectivity index (χ0) is 17.5. The number of benzene rings is 1. The molecule has 1 aromatic carbocycles. The summed E-state index contributed by atoms with van der Waals surface area (Å²) in [6.07, 6.45) is 0.